The minimum atomic E-state index is -0.360. The summed E-state index contributed by atoms with van der Waals surface area (Å²) in [5.41, 5.74) is 5.22. The molecular formula is C21H25N3O5. The summed E-state index contributed by atoms with van der Waals surface area (Å²) in [5, 5.41) is 7.10. The summed E-state index contributed by atoms with van der Waals surface area (Å²) in [7, 11) is 3.09. The quantitative estimate of drug-likeness (QED) is 0.550. The average molecular weight is 399 g/mol. The maximum Gasteiger partial charge on any atom is 0.287 e. The standard InChI is InChI=1S/C21H25N3O5/c1-13-18-15(23-24-20(25)14-7-4-5-9-16(14)28-3)8-6-10-17(18)29-19(13)21(26)22-11-12-27-2/h4-5,7,9H,6,8,10-12H2,1-3H3,(H,22,26)(H,24,25)/b23-15+. The Morgan fingerprint density at radius 2 is 1.97 bits per heavy atom. The topological polar surface area (TPSA) is 102 Å². The van der Waals surface area contributed by atoms with Gasteiger partial charge in [0.25, 0.3) is 11.8 Å². The number of methoxy groups -OCH3 is 2. The summed E-state index contributed by atoms with van der Waals surface area (Å²) in [5.74, 6) is 0.823. The van der Waals surface area contributed by atoms with E-state index < -0.39 is 0 Å². The van der Waals surface area contributed by atoms with Gasteiger partial charge in [-0.3, -0.25) is 9.59 Å². The van der Waals surface area contributed by atoms with Gasteiger partial charge < -0.3 is 19.2 Å². The Morgan fingerprint density at radius 3 is 2.72 bits per heavy atom. The van der Waals surface area contributed by atoms with Gasteiger partial charge in [-0.2, -0.15) is 5.10 Å². The normalized spacial score (nSPS) is 14.4. The molecule has 1 aliphatic carbocycles. The first-order valence-corrected chi connectivity index (χ1v) is 9.46. The molecule has 2 amide bonds. The van der Waals surface area contributed by atoms with Gasteiger partial charge in [-0.1, -0.05) is 12.1 Å². The maximum atomic E-state index is 12.5. The summed E-state index contributed by atoms with van der Waals surface area (Å²) in [6, 6.07) is 6.95. The molecule has 1 aliphatic rings. The number of carbonyl (C=O) groups excluding carboxylic acids is 2. The van der Waals surface area contributed by atoms with Crippen LogP contribution in [-0.2, 0) is 11.2 Å². The first-order valence-electron chi connectivity index (χ1n) is 9.46. The molecule has 8 nitrogen and oxygen atoms in total. The van der Waals surface area contributed by atoms with Crippen molar-refractivity contribution >= 4 is 17.5 Å². The highest BCUT2D eigenvalue weighted by Crippen LogP contribution is 2.30. The highest BCUT2D eigenvalue weighted by Gasteiger charge is 2.28. The fourth-order valence-corrected chi connectivity index (χ4v) is 3.35. The zero-order valence-electron chi connectivity index (χ0n) is 16.8. The molecule has 0 atom stereocenters. The van der Waals surface area contributed by atoms with Gasteiger partial charge in [-0.15, -0.1) is 0 Å². The zero-order valence-corrected chi connectivity index (χ0v) is 16.8. The number of amides is 2. The van der Waals surface area contributed by atoms with E-state index in [1.165, 1.54) is 7.11 Å². The fraction of sp³-hybridized carbons (Fsp3) is 0.381. The molecule has 29 heavy (non-hydrogen) atoms. The van der Waals surface area contributed by atoms with Gasteiger partial charge in [0.1, 0.15) is 11.5 Å². The Kier molecular flexibility index (Phi) is 6.66. The van der Waals surface area contributed by atoms with Crippen molar-refractivity contribution < 1.29 is 23.5 Å². The van der Waals surface area contributed by atoms with E-state index in [1.807, 2.05) is 6.92 Å². The van der Waals surface area contributed by atoms with Crippen LogP contribution in [0, 0.1) is 6.92 Å². The van der Waals surface area contributed by atoms with Gasteiger partial charge in [0.15, 0.2) is 5.76 Å². The van der Waals surface area contributed by atoms with E-state index in [1.54, 1.807) is 31.4 Å². The maximum absolute atomic E-state index is 12.5. The number of para-hydroxylation sites is 1. The van der Waals surface area contributed by atoms with Crippen molar-refractivity contribution in [2.75, 3.05) is 27.4 Å². The van der Waals surface area contributed by atoms with Crippen LogP contribution >= 0.6 is 0 Å². The van der Waals surface area contributed by atoms with Gasteiger partial charge in [-0.25, -0.2) is 5.43 Å². The highest BCUT2D eigenvalue weighted by molar-refractivity contribution is 6.07. The SMILES string of the molecule is COCCNC(=O)c1oc2c(c1C)/C(=N/NC(=O)c1ccccc1OC)CCC2. The molecule has 1 aromatic carbocycles. The van der Waals surface area contributed by atoms with Gasteiger partial charge in [0.05, 0.1) is 25.0 Å². The van der Waals surface area contributed by atoms with Crippen LogP contribution in [0.2, 0.25) is 0 Å². The molecule has 0 spiro atoms. The average Bonchev–Trinajstić information content (AvgIpc) is 3.09. The number of carbonyl (C=O) groups is 2. The molecule has 2 N–H and O–H groups in total. The lowest BCUT2D eigenvalue weighted by molar-refractivity contribution is 0.0905. The summed E-state index contributed by atoms with van der Waals surface area (Å²) in [4.78, 5) is 24.9. The molecule has 0 radical (unpaired) electrons. The number of hydrogen-bond acceptors (Lipinski definition) is 6. The molecule has 3 rings (SSSR count). The molecule has 0 unspecified atom stereocenters. The highest BCUT2D eigenvalue weighted by atomic mass is 16.5. The molecule has 0 aliphatic heterocycles. The van der Waals surface area contributed by atoms with Crippen molar-refractivity contribution in [2.24, 2.45) is 5.10 Å². The summed E-state index contributed by atoms with van der Waals surface area (Å²) < 4.78 is 16.0. The first-order chi connectivity index (χ1) is 14.1. The van der Waals surface area contributed by atoms with E-state index in [2.05, 4.69) is 15.8 Å². The van der Waals surface area contributed by atoms with E-state index >= 15 is 0 Å². The zero-order chi connectivity index (χ0) is 20.8. The van der Waals surface area contributed by atoms with Crippen LogP contribution in [0.5, 0.6) is 5.75 Å². The van der Waals surface area contributed by atoms with E-state index in [0.717, 1.165) is 29.7 Å². The third-order valence-corrected chi connectivity index (χ3v) is 4.77. The van der Waals surface area contributed by atoms with Crippen LogP contribution < -0.4 is 15.5 Å². The number of fused-ring (bicyclic) bond motifs is 1. The van der Waals surface area contributed by atoms with Crippen molar-refractivity contribution in [2.45, 2.75) is 26.2 Å². The number of aryl methyl sites for hydroxylation is 1. The first kappa shape index (κ1) is 20.6. The Hall–Kier alpha value is -3.13. The van der Waals surface area contributed by atoms with Crippen LogP contribution in [0.25, 0.3) is 0 Å². The minimum Gasteiger partial charge on any atom is -0.496 e. The van der Waals surface area contributed by atoms with Crippen LogP contribution in [0.1, 0.15) is 50.6 Å². The lowest BCUT2D eigenvalue weighted by Crippen LogP contribution is -2.27. The van der Waals surface area contributed by atoms with Gasteiger partial charge >= 0.3 is 0 Å². The van der Waals surface area contributed by atoms with Crippen LogP contribution in [0.3, 0.4) is 0 Å². The Bertz CT molecular complexity index is 932. The second kappa shape index (κ2) is 9.38. The number of nitrogens with one attached hydrogen (secondary N) is 2. The van der Waals surface area contributed by atoms with Crippen molar-refractivity contribution in [1.29, 1.82) is 0 Å². The Balaban J connectivity index is 1.81. The number of hydrogen-bond donors (Lipinski definition) is 2. The molecule has 1 aromatic heterocycles. The molecule has 0 fully saturated rings. The Labute approximate surface area is 169 Å². The van der Waals surface area contributed by atoms with E-state index in [4.69, 9.17) is 13.9 Å². The lowest BCUT2D eigenvalue weighted by Gasteiger charge is -2.14. The van der Waals surface area contributed by atoms with E-state index in [0.29, 0.717) is 36.6 Å². The van der Waals surface area contributed by atoms with Crippen molar-refractivity contribution in [3.8, 4) is 5.75 Å². The van der Waals surface area contributed by atoms with E-state index in [-0.39, 0.29) is 17.6 Å². The largest absolute Gasteiger partial charge is 0.496 e. The summed E-state index contributed by atoms with van der Waals surface area (Å²) >= 11 is 0. The predicted octanol–water partition coefficient (Wildman–Crippen LogP) is 2.44. The molecule has 2 aromatic rings. The number of benzene rings is 1. The number of nitrogens with zero attached hydrogens (tertiary/aromatic N) is 1. The van der Waals surface area contributed by atoms with Crippen LogP contribution in [-0.4, -0.2) is 44.9 Å². The minimum absolute atomic E-state index is 0.275. The molecule has 1 heterocycles. The van der Waals surface area contributed by atoms with Gasteiger partial charge in [0, 0.05) is 31.2 Å². The molecule has 0 bridgehead atoms. The molecule has 154 valence electrons. The van der Waals surface area contributed by atoms with Gasteiger partial charge in [0.2, 0.25) is 0 Å². The van der Waals surface area contributed by atoms with Crippen molar-refractivity contribution in [3.63, 3.8) is 0 Å². The molecule has 0 saturated heterocycles. The van der Waals surface area contributed by atoms with Crippen molar-refractivity contribution in [3.05, 3.63) is 52.5 Å². The summed E-state index contributed by atoms with van der Waals surface area (Å²) in [6.07, 6.45) is 2.24. The Morgan fingerprint density at radius 1 is 1.17 bits per heavy atom. The van der Waals surface area contributed by atoms with Crippen LogP contribution in [0.15, 0.2) is 33.8 Å². The smallest absolute Gasteiger partial charge is 0.287 e. The third kappa shape index (κ3) is 4.48. The number of furan rings is 1. The fourth-order valence-electron chi connectivity index (χ4n) is 3.35. The van der Waals surface area contributed by atoms with Gasteiger partial charge in [-0.05, 0) is 31.9 Å². The number of rotatable bonds is 7. The predicted molar refractivity (Wildman–Crippen MR) is 108 cm³/mol. The summed E-state index contributed by atoms with van der Waals surface area (Å²) in [6.45, 7) is 2.65. The molecule has 8 heteroatoms. The number of hydrazone groups is 1. The second-order valence-electron chi connectivity index (χ2n) is 6.66. The number of ether oxygens (including phenoxy) is 2. The molecule has 0 saturated carbocycles. The third-order valence-electron chi connectivity index (χ3n) is 4.77. The van der Waals surface area contributed by atoms with Crippen molar-refractivity contribution in [1.82, 2.24) is 10.7 Å². The van der Waals surface area contributed by atoms with E-state index in [9.17, 15) is 9.59 Å². The lowest BCUT2D eigenvalue weighted by atomic mass is 9.93. The molecular weight excluding hydrogens is 374 g/mol. The second-order valence-corrected chi connectivity index (χ2v) is 6.66. The monoisotopic (exact) mass is 399 g/mol. The van der Waals surface area contributed by atoms with Crippen LogP contribution in [0.4, 0.5) is 0 Å².